The molecular formula is C22H27N5O5. The van der Waals surface area contributed by atoms with Crippen molar-refractivity contribution in [3.8, 4) is 5.75 Å². The summed E-state index contributed by atoms with van der Waals surface area (Å²) in [6, 6.07) is 10.9. The molecule has 2 rings (SSSR count). The molecule has 0 bridgehead atoms. The van der Waals surface area contributed by atoms with E-state index in [2.05, 4.69) is 21.0 Å². The van der Waals surface area contributed by atoms with E-state index >= 15 is 0 Å². The quantitative estimate of drug-likeness (QED) is 0.112. The lowest BCUT2D eigenvalue weighted by Crippen LogP contribution is -2.29. The van der Waals surface area contributed by atoms with Crippen LogP contribution in [0.5, 0.6) is 5.75 Å². The van der Waals surface area contributed by atoms with Crippen LogP contribution in [0.4, 0.5) is 11.4 Å². The second-order valence-corrected chi connectivity index (χ2v) is 7.06. The summed E-state index contributed by atoms with van der Waals surface area (Å²) in [6.07, 6.45) is 3.11. The number of carboxylic acid groups (broad SMARTS) is 1. The number of benzene rings is 2. The second kappa shape index (κ2) is 12.8. The Bertz CT molecular complexity index is 977. The van der Waals surface area contributed by atoms with E-state index in [1.165, 1.54) is 12.1 Å². The maximum atomic E-state index is 12.0. The Balaban J connectivity index is 1.84. The summed E-state index contributed by atoms with van der Waals surface area (Å²) >= 11 is 0. The number of hydrogen-bond donors (Lipinski definition) is 5. The van der Waals surface area contributed by atoms with Gasteiger partial charge in [-0.1, -0.05) is 18.6 Å². The number of azo groups is 1. The summed E-state index contributed by atoms with van der Waals surface area (Å²) < 4.78 is 0. The zero-order valence-corrected chi connectivity index (χ0v) is 17.6. The van der Waals surface area contributed by atoms with E-state index in [0.29, 0.717) is 37.1 Å². The fourth-order valence-electron chi connectivity index (χ4n) is 2.91. The third-order valence-electron chi connectivity index (χ3n) is 4.66. The summed E-state index contributed by atoms with van der Waals surface area (Å²) in [5, 5.41) is 30.1. The number of phenolic OH excluding ortho intramolecular Hbond substituents is 1. The molecule has 2 aromatic carbocycles. The minimum atomic E-state index is -1.10. The SMILES string of the molecule is NNC(=O)CCCCCNC(=O)CCc1cc(/N=N/c2ccccc2C(=O)O)ccc1O. The highest BCUT2D eigenvalue weighted by atomic mass is 16.4. The number of aromatic carboxylic acids is 1. The molecule has 0 atom stereocenters. The number of nitrogens with one attached hydrogen (secondary N) is 2. The third-order valence-corrected chi connectivity index (χ3v) is 4.66. The predicted octanol–water partition coefficient (Wildman–Crippen LogP) is 3.10. The van der Waals surface area contributed by atoms with Crippen LogP contribution in [0.15, 0.2) is 52.7 Å². The second-order valence-electron chi connectivity index (χ2n) is 7.06. The Kier molecular flexibility index (Phi) is 9.79. The Morgan fingerprint density at radius 1 is 0.938 bits per heavy atom. The lowest BCUT2D eigenvalue weighted by atomic mass is 10.1. The van der Waals surface area contributed by atoms with Gasteiger partial charge in [0.15, 0.2) is 0 Å². The standard InChI is InChI=1S/C22H27N5O5/c23-25-21(30)8-2-1-5-13-24-20(29)12-9-15-14-16(10-11-19(15)28)26-27-18-7-4-3-6-17(18)22(31)32/h3-4,6-7,10-11,14,28H,1-2,5,8-9,12-13,23H2,(H,24,29)(H,25,30)(H,31,32)/b27-26+. The first-order valence-electron chi connectivity index (χ1n) is 10.2. The molecule has 0 fully saturated rings. The molecule has 170 valence electrons. The summed E-state index contributed by atoms with van der Waals surface area (Å²) in [5.74, 6) is 3.60. The van der Waals surface area contributed by atoms with Gasteiger partial charge in [-0.15, -0.1) is 5.11 Å². The van der Waals surface area contributed by atoms with Gasteiger partial charge < -0.3 is 15.5 Å². The first-order valence-corrected chi connectivity index (χ1v) is 10.2. The van der Waals surface area contributed by atoms with Crippen LogP contribution in [0.25, 0.3) is 0 Å². The van der Waals surface area contributed by atoms with Crippen LogP contribution >= 0.6 is 0 Å². The Labute approximate surface area is 185 Å². The van der Waals surface area contributed by atoms with E-state index in [1.54, 1.807) is 30.3 Å². The highest BCUT2D eigenvalue weighted by Crippen LogP contribution is 2.27. The van der Waals surface area contributed by atoms with Crippen LogP contribution < -0.4 is 16.6 Å². The lowest BCUT2D eigenvalue weighted by molar-refractivity contribution is -0.122. The largest absolute Gasteiger partial charge is 0.508 e. The number of amides is 2. The van der Waals surface area contributed by atoms with E-state index in [1.807, 2.05) is 0 Å². The summed E-state index contributed by atoms with van der Waals surface area (Å²) in [6.45, 7) is 0.506. The fraction of sp³-hybridized carbons (Fsp3) is 0.318. The van der Waals surface area contributed by atoms with Crippen molar-refractivity contribution in [2.75, 3.05) is 6.54 Å². The zero-order valence-electron chi connectivity index (χ0n) is 17.6. The van der Waals surface area contributed by atoms with Crippen molar-refractivity contribution in [2.24, 2.45) is 16.1 Å². The van der Waals surface area contributed by atoms with Gasteiger partial charge in [-0.25, -0.2) is 10.6 Å². The third kappa shape index (κ3) is 8.15. The highest BCUT2D eigenvalue weighted by Gasteiger charge is 2.09. The molecule has 0 aromatic heterocycles. The van der Waals surface area contributed by atoms with E-state index in [-0.39, 0.29) is 35.2 Å². The number of nitrogens with two attached hydrogens (primary N) is 1. The van der Waals surface area contributed by atoms with Crippen molar-refractivity contribution >= 4 is 29.2 Å². The first-order chi connectivity index (χ1) is 15.4. The minimum absolute atomic E-state index is 0.0366. The topological polar surface area (TPSA) is 166 Å². The van der Waals surface area contributed by atoms with E-state index in [4.69, 9.17) is 5.84 Å². The molecule has 0 radical (unpaired) electrons. The van der Waals surface area contributed by atoms with Gasteiger partial charge in [-0.2, -0.15) is 5.11 Å². The smallest absolute Gasteiger partial charge is 0.337 e. The Morgan fingerprint density at radius 2 is 1.72 bits per heavy atom. The van der Waals surface area contributed by atoms with Crippen LogP contribution in [0, 0.1) is 0 Å². The van der Waals surface area contributed by atoms with Gasteiger partial charge in [-0.3, -0.25) is 15.0 Å². The first kappa shape index (κ1) is 24.5. The predicted molar refractivity (Wildman–Crippen MR) is 118 cm³/mol. The van der Waals surface area contributed by atoms with Crippen molar-refractivity contribution in [1.82, 2.24) is 10.7 Å². The van der Waals surface area contributed by atoms with Gasteiger partial charge in [-0.05, 0) is 55.2 Å². The Morgan fingerprint density at radius 3 is 2.47 bits per heavy atom. The molecule has 2 amide bonds. The molecule has 10 heteroatoms. The number of carbonyl (C=O) groups is 3. The number of hydrazine groups is 1. The van der Waals surface area contributed by atoms with Crippen molar-refractivity contribution in [2.45, 2.75) is 38.5 Å². The fourth-order valence-corrected chi connectivity index (χ4v) is 2.91. The molecule has 0 saturated carbocycles. The number of nitrogens with zero attached hydrogens (tertiary/aromatic N) is 2. The van der Waals surface area contributed by atoms with Gasteiger partial charge in [0.2, 0.25) is 11.8 Å². The minimum Gasteiger partial charge on any atom is -0.508 e. The number of phenols is 1. The van der Waals surface area contributed by atoms with E-state index in [9.17, 15) is 24.6 Å². The number of aromatic hydroxyl groups is 1. The maximum absolute atomic E-state index is 12.0. The molecule has 0 aliphatic carbocycles. The molecule has 0 aliphatic rings. The molecule has 0 heterocycles. The van der Waals surface area contributed by atoms with E-state index in [0.717, 1.165) is 12.8 Å². The average molecular weight is 441 g/mol. The number of rotatable bonds is 12. The van der Waals surface area contributed by atoms with Crippen LogP contribution in [0.3, 0.4) is 0 Å². The highest BCUT2D eigenvalue weighted by molar-refractivity contribution is 5.93. The van der Waals surface area contributed by atoms with E-state index < -0.39 is 5.97 Å². The number of hydrogen-bond acceptors (Lipinski definition) is 7. The van der Waals surface area contributed by atoms with Crippen molar-refractivity contribution in [3.63, 3.8) is 0 Å². The number of aryl methyl sites for hydroxylation is 1. The molecule has 6 N–H and O–H groups in total. The number of carboxylic acids is 1. The number of unbranched alkanes of at least 4 members (excludes halogenated alkanes) is 2. The monoisotopic (exact) mass is 441 g/mol. The molecule has 32 heavy (non-hydrogen) atoms. The molecule has 2 aromatic rings. The van der Waals surface area contributed by atoms with Gasteiger partial charge >= 0.3 is 5.97 Å². The average Bonchev–Trinajstić information content (AvgIpc) is 2.79. The van der Waals surface area contributed by atoms with Crippen LogP contribution in [0.1, 0.15) is 48.0 Å². The summed E-state index contributed by atoms with van der Waals surface area (Å²) in [4.78, 5) is 34.3. The van der Waals surface area contributed by atoms with Crippen molar-refractivity contribution in [3.05, 3.63) is 53.6 Å². The van der Waals surface area contributed by atoms with Gasteiger partial charge in [0.25, 0.3) is 0 Å². The van der Waals surface area contributed by atoms with Crippen LogP contribution in [-0.4, -0.2) is 34.5 Å². The van der Waals surface area contributed by atoms with Crippen molar-refractivity contribution in [1.29, 1.82) is 0 Å². The Hall–Kier alpha value is -3.79. The van der Waals surface area contributed by atoms with Crippen LogP contribution in [-0.2, 0) is 16.0 Å². The van der Waals surface area contributed by atoms with Gasteiger partial charge in [0.05, 0.1) is 11.3 Å². The molecular weight excluding hydrogens is 414 g/mol. The van der Waals surface area contributed by atoms with Gasteiger partial charge in [0, 0.05) is 19.4 Å². The normalized spacial score (nSPS) is 10.8. The molecule has 0 aliphatic heterocycles. The van der Waals surface area contributed by atoms with Crippen LogP contribution in [0.2, 0.25) is 0 Å². The number of carbonyl (C=O) groups excluding carboxylic acids is 2. The summed E-state index contributed by atoms with van der Waals surface area (Å²) in [5.41, 5.74) is 3.30. The van der Waals surface area contributed by atoms with Crippen molar-refractivity contribution < 1.29 is 24.6 Å². The summed E-state index contributed by atoms with van der Waals surface area (Å²) in [7, 11) is 0. The maximum Gasteiger partial charge on any atom is 0.337 e. The zero-order chi connectivity index (χ0) is 23.3. The molecule has 0 saturated heterocycles. The lowest BCUT2D eigenvalue weighted by Gasteiger charge is -2.07. The molecule has 0 spiro atoms. The molecule has 0 unspecified atom stereocenters. The van der Waals surface area contributed by atoms with Gasteiger partial charge in [0.1, 0.15) is 11.4 Å². The molecule has 10 nitrogen and oxygen atoms in total.